The Kier molecular flexibility index (Phi) is 10.4. The number of hydrogen-bond acceptors (Lipinski definition) is 7. The van der Waals surface area contributed by atoms with Crippen molar-refractivity contribution in [3.05, 3.63) is 108 Å². The van der Waals surface area contributed by atoms with E-state index in [1.807, 2.05) is 91.0 Å². The highest BCUT2D eigenvalue weighted by Crippen LogP contribution is 2.32. The van der Waals surface area contributed by atoms with E-state index in [2.05, 4.69) is 5.32 Å². The van der Waals surface area contributed by atoms with Crippen molar-refractivity contribution in [3.8, 4) is 0 Å². The Morgan fingerprint density at radius 2 is 1.18 bits per heavy atom. The molecule has 1 heterocycles. The van der Waals surface area contributed by atoms with Gasteiger partial charge in [0.25, 0.3) is 0 Å². The molecule has 38 heavy (non-hydrogen) atoms. The smallest absolute Gasteiger partial charge is 0.218 e. The molecule has 202 valence electrons. The van der Waals surface area contributed by atoms with Crippen molar-refractivity contribution in [2.24, 2.45) is 0 Å². The molecule has 1 aliphatic heterocycles. The summed E-state index contributed by atoms with van der Waals surface area (Å²) in [4.78, 5) is 11.8. The molecule has 6 atom stereocenters. The van der Waals surface area contributed by atoms with Gasteiger partial charge >= 0.3 is 0 Å². The largest absolute Gasteiger partial charge is 0.371 e. The highest BCUT2D eigenvalue weighted by molar-refractivity contribution is 5.73. The zero-order valence-corrected chi connectivity index (χ0v) is 21.6. The molecule has 1 saturated heterocycles. The maximum Gasteiger partial charge on any atom is 0.218 e. The zero-order chi connectivity index (χ0) is 26.7. The Bertz CT molecular complexity index is 1100. The second-order valence-corrected chi connectivity index (χ2v) is 9.13. The van der Waals surface area contributed by atoms with E-state index in [0.717, 1.165) is 16.7 Å². The summed E-state index contributed by atoms with van der Waals surface area (Å²) in [7, 11) is 1.50. The van der Waals surface area contributed by atoms with E-state index in [0.29, 0.717) is 6.61 Å². The molecule has 8 heteroatoms. The van der Waals surface area contributed by atoms with E-state index >= 15 is 0 Å². The van der Waals surface area contributed by atoms with Gasteiger partial charge in [-0.3, -0.25) is 4.79 Å². The fraction of sp³-hybridized carbons (Fsp3) is 0.367. The van der Waals surface area contributed by atoms with Crippen LogP contribution in [0.4, 0.5) is 0 Å². The number of amides is 1. The van der Waals surface area contributed by atoms with Crippen molar-refractivity contribution < 1.29 is 33.6 Å². The average molecular weight is 522 g/mol. The third-order valence-electron chi connectivity index (χ3n) is 6.28. The average Bonchev–Trinajstić information content (AvgIpc) is 2.95. The lowest BCUT2D eigenvalue weighted by Gasteiger charge is -2.46. The van der Waals surface area contributed by atoms with Gasteiger partial charge in [0.15, 0.2) is 12.5 Å². The summed E-state index contributed by atoms with van der Waals surface area (Å²) in [5, 5.41) is 13.4. The monoisotopic (exact) mass is 521 g/mol. The second-order valence-electron chi connectivity index (χ2n) is 9.13. The molecule has 0 radical (unpaired) electrons. The number of aliphatic hydroxyl groups is 1. The first-order chi connectivity index (χ1) is 18.5. The summed E-state index contributed by atoms with van der Waals surface area (Å²) in [6, 6.07) is 29.2. The molecule has 1 amide bonds. The van der Waals surface area contributed by atoms with Crippen LogP contribution in [0.5, 0.6) is 0 Å². The molecule has 1 unspecified atom stereocenters. The van der Waals surface area contributed by atoms with Crippen molar-refractivity contribution in [1.82, 2.24) is 5.32 Å². The van der Waals surface area contributed by atoms with Gasteiger partial charge in [0.2, 0.25) is 5.91 Å². The van der Waals surface area contributed by atoms with Crippen LogP contribution >= 0.6 is 0 Å². The quantitative estimate of drug-likeness (QED) is 0.352. The first-order valence-corrected chi connectivity index (χ1v) is 12.6. The maximum atomic E-state index is 11.8. The number of aliphatic hydroxyl groups excluding tert-OH is 1. The van der Waals surface area contributed by atoms with Gasteiger partial charge in [0.05, 0.1) is 19.8 Å². The Labute approximate surface area is 223 Å². The lowest BCUT2D eigenvalue weighted by molar-refractivity contribution is -0.330. The van der Waals surface area contributed by atoms with Crippen LogP contribution in [0.3, 0.4) is 0 Å². The summed E-state index contributed by atoms with van der Waals surface area (Å²) in [5.74, 6) is -0.402. The van der Waals surface area contributed by atoms with Crippen molar-refractivity contribution in [3.63, 3.8) is 0 Å². The van der Waals surface area contributed by atoms with Crippen LogP contribution in [0.1, 0.15) is 23.6 Å². The Balaban J connectivity index is 1.63. The predicted molar refractivity (Wildman–Crippen MR) is 141 cm³/mol. The van der Waals surface area contributed by atoms with Gasteiger partial charge in [0, 0.05) is 14.0 Å². The van der Waals surface area contributed by atoms with Crippen LogP contribution in [-0.2, 0) is 48.3 Å². The van der Waals surface area contributed by atoms with Crippen LogP contribution < -0.4 is 5.32 Å². The summed E-state index contributed by atoms with van der Waals surface area (Å²) < 4.78 is 31.0. The third-order valence-corrected chi connectivity index (χ3v) is 6.28. The molecular formula is C30H35NO7. The maximum absolute atomic E-state index is 11.8. The van der Waals surface area contributed by atoms with Crippen LogP contribution in [0.25, 0.3) is 0 Å². The van der Waals surface area contributed by atoms with E-state index in [1.54, 1.807) is 0 Å². The lowest BCUT2D eigenvalue weighted by atomic mass is 9.96. The SMILES string of the molecule is CO[C@H]1O[C@H](C(O)NC(C)=O)[C@H](OCc2ccccc2)[C@H](OCc2ccccc2)[C@H]1OCc1ccccc1. The van der Waals surface area contributed by atoms with Gasteiger partial charge in [-0.05, 0) is 16.7 Å². The van der Waals surface area contributed by atoms with E-state index < -0.39 is 42.8 Å². The number of ether oxygens (including phenoxy) is 5. The van der Waals surface area contributed by atoms with Crippen molar-refractivity contribution in [2.45, 2.75) is 63.7 Å². The number of hydrogen-bond donors (Lipinski definition) is 2. The van der Waals surface area contributed by atoms with Crippen LogP contribution in [0.2, 0.25) is 0 Å². The fourth-order valence-electron chi connectivity index (χ4n) is 4.43. The molecule has 0 saturated carbocycles. The van der Waals surface area contributed by atoms with Crippen molar-refractivity contribution >= 4 is 5.91 Å². The van der Waals surface area contributed by atoms with Crippen LogP contribution in [0.15, 0.2) is 91.0 Å². The first kappa shape index (κ1) is 27.9. The molecule has 2 N–H and O–H groups in total. The molecular weight excluding hydrogens is 486 g/mol. The topological polar surface area (TPSA) is 95.5 Å². The molecule has 1 fully saturated rings. The minimum atomic E-state index is -1.36. The van der Waals surface area contributed by atoms with E-state index in [1.165, 1.54) is 14.0 Å². The normalized spacial score (nSPS) is 24.0. The van der Waals surface area contributed by atoms with Crippen molar-refractivity contribution in [2.75, 3.05) is 7.11 Å². The third kappa shape index (κ3) is 7.70. The number of rotatable bonds is 12. The Morgan fingerprint density at radius 3 is 1.61 bits per heavy atom. The highest BCUT2D eigenvalue weighted by Gasteiger charge is 2.51. The van der Waals surface area contributed by atoms with Gasteiger partial charge in [-0.1, -0.05) is 91.0 Å². The summed E-state index contributed by atoms with van der Waals surface area (Å²) in [6.45, 7) is 2.15. The zero-order valence-electron chi connectivity index (χ0n) is 21.6. The van der Waals surface area contributed by atoms with Gasteiger partial charge in [-0.15, -0.1) is 0 Å². The second kappa shape index (κ2) is 14.2. The van der Waals surface area contributed by atoms with E-state index in [9.17, 15) is 9.90 Å². The molecule has 0 spiro atoms. The number of benzene rings is 3. The summed E-state index contributed by atoms with van der Waals surface area (Å²) >= 11 is 0. The number of carbonyl (C=O) groups excluding carboxylic acids is 1. The van der Waals surface area contributed by atoms with Crippen molar-refractivity contribution in [1.29, 1.82) is 0 Å². The summed E-state index contributed by atoms with van der Waals surface area (Å²) in [6.07, 6.45) is -5.41. The molecule has 0 aromatic heterocycles. The Morgan fingerprint density at radius 1 is 0.763 bits per heavy atom. The molecule has 0 aliphatic carbocycles. The van der Waals surface area contributed by atoms with Crippen LogP contribution in [-0.4, -0.2) is 55.1 Å². The van der Waals surface area contributed by atoms with Gasteiger partial charge < -0.3 is 34.1 Å². The molecule has 3 aromatic rings. The van der Waals surface area contributed by atoms with Gasteiger partial charge in [0.1, 0.15) is 24.4 Å². The Hall–Kier alpha value is -3.11. The van der Waals surface area contributed by atoms with Gasteiger partial charge in [-0.25, -0.2) is 0 Å². The van der Waals surface area contributed by atoms with E-state index in [4.69, 9.17) is 23.7 Å². The van der Waals surface area contributed by atoms with E-state index in [-0.39, 0.29) is 13.2 Å². The van der Waals surface area contributed by atoms with Crippen LogP contribution in [0, 0.1) is 0 Å². The molecule has 4 rings (SSSR count). The standard InChI is InChI=1S/C30H35NO7/c1-21(32)31-29(33)27-25(35-18-22-12-6-3-7-13-22)26(36-19-23-14-8-4-9-15-23)28(30(34-2)38-27)37-20-24-16-10-5-11-17-24/h3-17,25-30,33H,18-20H2,1-2H3,(H,31,32)/t25-,26+,27+,28-,29?,30+/m1/s1. The lowest BCUT2D eigenvalue weighted by Crippen LogP contribution is -2.65. The number of carbonyl (C=O) groups is 1. The number of methoxy groups -OCH3 is 1. The summed E-state index contributed by atoms with van der Waals surface area (Å²) in [5.41, 5.74) is 2.89. The highest BCUT2D eigenvalue weighted by atomic mass is 16.7. The minimum Gasteiger partial charge on any atom is -0.371 e. The fourth-order valence-corrected chi connectivity index (χ4v) is 4.43. The molecule has 1 aliphatic rings. The predicted octanol–water partition coefficient (Wildman–Crippen LogP) is 3.57. The molecule has 8 nitrogen and oxygen atoms in total. The van der Waals surface area contributed by atoms with Gasteiger partial charge in [-0.2, -0.15) is 0 Å². The minimum absolute atomic E-state index is 0.242. The molecule has 0 bridgehead atoms. The first-order valence-electron chi connectivity index (χ1n) is 12.6. The number of nitrogens with one attached hydrogen (secondary N) is 1. The molecule has 3 aromatic carbocycles.